The highest BCUT2D eigenvalue weighted by Gasteiger charge is 2.16. The SMILES string of the molecule is COc1ccc(/C=C(\C#N)C(=O)Nc2ccccc2)cc1[N+](=O)[O-]. The van der Waals surface area contributed by atoms with Crippen LogP contribution in [-0.4, -0.2) is 17.9 Å². The van der Waals surface area contributed by atoms with Gasteiger partial charge in [-0.25, -0.2) is 0 Å². The van der Waals surface area contributed by atoms with E-state index in [0.29, 0.717) is 11.3 Å². The van der Waals surface area contributed by atoms with Gasteiger partial charge in [0.05, 0.1) is 12.0 Å². The second-order valence-corrected chi connectivity index (χ2v) is 4.68. The number of nitro groups is 1. The van der Waals surface area contributed by atoms with Crippen LogP contribution in [0.5, 0.6) is 5.75 Å². The molecule has 0 saturated carbocycles. The Hall–Kier alpha value is -3.66. The van der Waals surface area contributed by atoms with Gasteiger partial charge in [0, 0.05) is 11.8 Å². The molecule has 2 rings (SSSR count). The average molecular weight is 323 g/mol. The molecule has 0 fully saturated rings. The van der Waals surface area contributed by atoms with E-state index in [-0.39, 0.29) is 17.0 Å². The highest BCUT2D eigenvalue weighted by Crippen LogP contribution is 2.28. The zero-order chi connectivity index (χ0) is 17.5. The molecule has 0 aliphatic heterocycles. The van der Waals surface area contributed by atoms with Crippen LogP contribution in [0.2, 0.25) is 0 Å². The average Bonchev–Trinajstić information content (AvgIpc) is 2.60. The van der Waals surface area contributed by atoms with Gasteiger partial charge in [0.1, 0.15) is 11.6 Å². The van der Waals surface area contributed by atoms with E-state index in [2.05, 4.69) is 5.32 Å². The number of hydrogen-bond donors (Lipinski definition) is 1. The molecule has 2 aromatic rings. The summed E-state index contributed by atoms with van der Waals surface area (Å²) in [6.45, 7) is 0. The highest BCUT2D eigenvalue weighted by atomic mass is 16.6. The van der Waals surface area contributed by atoms with Crippen molar-refractivity contribution in [1.82, 2.24) is 0 Å². The van der Waals surface area contributed by atoms with Crippen molar-refractivity contribution in [3.05, 3.63) is 69.8 Å². The summed E-state index contributed by atoms with van der Waals surface area (Å²) in [4.78, 5) is 22.6. The Labute approximate surface area is 137 Å². The first-order valence-electron chi connectivity index (χ1n) is 6.85. The molecular weight excluding hydrogens is 310 g/mol. The van der Waals surface area contributed by atoms with Crippen molar-refractivity contribution in [3.63, 3.8) is 0 Å². The van der Waals surface area contributed by atoms with Crippen LogP contribution in [0.4, 0.5) is 11.4 Å². The van der Waals surface area contributed by atoms with Crippen LogP contribution in [0.25, 0.3) is 6.08 Å². The lowest BCUT2D eigenvalue weighted by molar-refractivity contribution is -0.385. The summed E-state index contributed by atoms with van der Waals surface area (Å²) in [6.07, 6.45) is 1.28. The first-order chi connectivity index (χ1) is 11.5. The third-order valence-corrected chi connectivity index (χ3v) is 3.11. The maximum atomic E-state index is 12.1. The number of nitriles is 1. The Kier molecular flexibility index (Phi) is 5.26. The molecule has 24 heavy (non-hydrogen) atoms. The minimum Gasteiger partial charge on any atom is -0.490 e. The first-order valence-corrected chi connectivity index (χ1v) is 6.85. The number of carbonyl (C=O) groups excluding carboxylic acids is 1. The van der Waals surface area contributed by atoms with E-state index in [1.165, 1.54) is 31.4 Å². The zero-order valence-corrected chi connectivity index (χ0v) is 12.7. The molecule has 0 aliphatic carbocycles. The number of nitrogens with zero attached hydrogens (tertiary/aromatic N) is 2. The Morgan fingerprint density at radius 2 is 2.00 bits per heavy atom. The van der Waals surface area contributed by atoms with Crippen molar-refractivity contribution in [3.8, 4) is 11.8 Å². The van der Waals surface area contributed by atoms with Crippen molar-refractivity contribution in [2.24, 2.45) is 0 Å². The molecule has 0 saturated heterocycles. The molecule has 1 N–H and O–H groups in total. The summed E-state index contributed by atoms with van der Waals surface area (Å²) in [7, 11) is 1.33. The fraction of sp³-hybridized carbons (Fsp3) is 0.0588. The monoisotopic (exact) mass is 323 g/mol. The number of nitrogens with one attached hydrogen (secondary N) is 1. The fourth-order valence-corrected chi connectivity index (χ4v) is 1.97. The smallest absolute Gasteiger partial charge is 0.311 e. The van der Waals surface area contributed by atoms with Crippen LogP contribution >= 0.6 is 0 Å². The first kappa shape index (κ1) is 16.7. The summed E-state index contributed by atoms with van der Waals surface area (Å²) >= 11 is 0. The lowest BCUT2D eigenvalue weighted by Gasteiger charge is -2.05. The maximum Gasteiger partial charge on any atom is 0.311 e. The van der Waals surface area contributed by atoms with Gasteiger partial charge in [-0.2, -0.15) is 5.26 Å². The van der Waals surface area contributed by atoms with Crippen molar-refractivity contribution in [1.29, 1.82) is 5.26 Å². The molecule has 0 heterocycles. The minimum atomic E-state index is -0.595. The Morgan fingerprint density at radius 3 is 2.58 bits per heavy atom. The van der Waals surface area contributed by atoms with E-state index in [1.807, 2.05) is 0 Å². The molecule has 2 aromatic carbocycles. The number of rotatable bonds is 5. The number of ether oxygens (including phenoxy) is 1. The quantitative estimate of drug-likeness (QED) is 0.394. The number of carbonyl (C=O) groups is 1. The van der Waals surface area contributed by atoms with Crippen LogP contribution in [0.3, 0.4) is 0 Å². The van der Waals surface area contributed by atoms with Crippen LogP contribution < -0.4 is 10.1 Å². The number of amides is 1. The molecule has 0 radical (unpaired) electrons. The van der Waals surface area contributed by atoms with Crippen molar-refractivity contribution < 1.29 is 14.5 Å². The molecular formula is C17H13N3O4. The predicted octanol–water partition coefficient (Wildman–Crippen LogP) is 3.15. The molecule has 0 spiro atoms. The second kappa shape index (κ2) is 7.56. The summed E-state index contributed by atoms with van der Waals surface area (Å²) < 4.78 is 4.91. The van der Waals surface area contributed by atoms with E-state index < -0.39 is 10.8 Å². The maximum absolute atomic E-state index is 12.1. The van der Waals surface area contributed by atoms with E-state index in [9.17, 15) is 20.2 Å². The lowest BCUT2D eigenvalue weighted by Crippen LogP contribution is -2.13. The van der Waals surface area contributed by atoms with Crippen molar-refractivity contribution in [2.45, 2.75) is 0 Å². The molecule has 1 amide bonds. The van der Waals surface area contributed by atoms with Gasteiger partial charge >= 0.3 is 5.69 Å². The summed E-state index contributed by atoms with van der Waals surface area (Å²) in [6, 6.07) is 14.6. The predicted molar refractivity (Wildman–Crippen MR) is 88.3 cm³/mol. The number of hydrogen-bond acceptors (Lipinski definition) is 5. The highest BCUT2D eigenvalue weighted by molar-refractivity contribution is 6.09. The number of benzene rings is 2. The Balaban J connectivity index is 2.30. The van der Waals surface area contributed by atoms with E-state index in [4.69, 9.17) is 4.74 Å². The number of nitro benzene ring substituents is 1. The molecule has 120 valence electrons. The number of para-hydroxylation sites is 1. The van der Waals surface area contributed by atoms with Crippen LogP contribution in [-0.2, 0) is 4.79 Å². The van der Waals surface area contributed by atoms with Gasteiger partial charge < -0.3 is 10.1 Å². The Bertz CT molecular complexity index is 839. The second-order valence-electron chi connectivity index (χ2n) is 4.68. The Morgan fingerprint density at radius 1 is 1.29 bits per heavy atom. The normalized spacial score (nSPS) is 10.6. The van der Waals surface area contributed by atoms with Crippen LogP contribution in [0.15, 0.2) is 54.1 Å². The largest absolute Gasteiger partial charge is 0.490 e. The number of methoxy groups -OCH3 is 1. The van der Waals surface area contributed by atoms with Crippen LogP contribution in [0, 0.1) is 21.4 Å². The fourth-order valence-electron chi connectivity index (χ4n) is 1.97. The molecule has 0 bridgehead atoms. The third kappa shape index (κ3) is 3.96. The molecule has 0 unspecified atom stereocenters. The van der Waals surface area contributed by atoms with Gasteiger partial charge in [-0.3, -0.25) is 14.9 Å². The van der Waals surface area contributed by atoms with Crippen molar-refractivity contribution in [2.75, 3.05) is 12.4 Å². The van der Waals surface area contributed by atoms with Gasteiger partial charge in [0.15, 0.2) is 5.75 Å². The van der Waals surface area contributed by atoms with Gasteiger partial charge in [-0.05, 0) is 29.8 Å². The minimum absolute atomic E-state index is 0.101. The zero-order valence-electron chi connectivity index (χ0n) is 12.7. The van der Waals surface area contributed by atoms with E-state index >= 15 is 0 Å². The standard InChI is InChI=1S/C17H13N3O4/c1-24-16-8-7-12(10-15(16)20(22)23)9-13(11-18)17(21)19-14-5-3-2-4-6-14/h2-10H,1H3,(H,19,21)/b13-9+. The molecule has 0 aliphatic rings. The van der Waals surface area contributed by atoms with Crippen LogP contribution in [0.1, 0.15) is 5.56 Å². The molecule has 0 aromatic heterocycles. The third-order valence-electron chi connectivity index (χ3n) is 3.11. The van der Waals surface area contributed by atoms with Gasteiger partial charge in [-0.15, -0.1) is 0 Å². The molecule has 7 nitrogen and oxygen atoms in total. The van der Waals surface area contributed by atoms with Crippen molar-refractivity contribution >= 4 is 23.4 Å². The van der Waals surface area contributed by atoms with Gasteiger partial charge in [0.25, 0.3) is 5.91 Å². The summed E-state index contributed by atoms with van der Waals surface area (Å²) in [5, 5.41) is 22.8. The lowest BCUT2D eigenvalue weighted by atomic mass is 10.1. The topological polar surface area (TPSA) is 105 Å². The summed E-state index contributed by atoms with van der Waals surface area (Å²) in [5.41, 5.74) is 0.483. The summed E-state index contributed by atoms with van der Waals surface area (Å²) in [5.74, 6) is -0.494. The molecule has 7 heteroatoms. The van der Waals surface area contributed by atoms with Gasteiger partial charge in [-0.1, -0.05) is 24.3 Å². The van der Waals surface area contributed by atoms with Gasteiger partial charge in [0.2, 0.25) is 0 Å². The van der Waals surface area contributed by atoms with E-state index in [0.717, 1.165) is 0 Å². The molecule has 0 atom stereocenters. The number of anilines is 1. The van der Waals surface area contributed by atoms with E-state index in [1.54, 1.807) is 36.4 Å².